The van der Waals surface area contributed by atoms with Crippen molar-refractivity contribution in [2.24, 2.45) is 0 Å². The van der Waals surface area contributed by atoms with Gasteiger partial charge in [0.05, 0.1) is 12.7 Å². The Kier molecular flexibility index (Phi) is 4.88. The highest BCUT2D eigenvalue weighted by Crippen LogP contribution is 2.10. The number of nitrogens with zero attached hydrogens (tertiary/aromatic N) is 3. The van der Waals surface area contributed by atoms with E-state index >= 15 is 0 Å². The second-order valence-corrected chi connectivity index (χ2v) is 4.39. The zero-order chi connectivity index (χ0) is 15.9. The van der Waals surface area contributed by atoms with Crippen molar-refractivity contribution in [1.82, 2.24) is 15.0 Å². The van der Waals surface area contributed by atoms with Crippen molar-refractivity contribution in [3.8, 4) is 12.3 Å². The zero-order valence-corrected chi connectivity index (χ0v) is 11.9. The summed E-state index contributed by atoms with van der Waals surface area (Å²) in [6.07, 6.45) is 6.78. The minimum atomic E-state index is -0.395. The van der Waals surface area contributed by atoms with Crippen molar-refractivity contribution in [2.75, 3.05) is 11.9 Å². The summed E-state index contributed by atoms with van der Waals surface area (Å²) >= 11 is 0. The summed E-state index contributed by atoms with van der Waals surface area (Å²) < 4.78 is 6.22. The van der Waals surface area contributed by atoms with Gasteiger partial charge in [0.2, 0.25) is 0 Å². The molecule has 0 spiro atoms. The summed E-state index contributed by atoms with van der Waals surface area (Å²) in [5, 5.41) is 10.2. The largest absolute Gasteiger partial charge is 0.464 e. The number of amides is 1. The molecule has 0 atom stereocenters. The van der Waals surface area contributed by atoms with Crippen LogP contribution in [0, 0.1) is 12.3 Å². The molecule has 2 aromatic rings. The van der Waals surface area contributed by atoms with Crippen molar-refractivity contribution >= 4 is 17.6 Å². The number of hydrogen-bond acceptors (Lipinski definition) is 5. The molecule has 0 aliphatic heterocycles. The van der Waals surface area contributed by atoms with Crippen LogP contribution in [-0.2, 0) is 16.1 Å². The Bertz CT molecular complexity index is 730. The van der Waals surface area contributed by atoms with Crippen LogP contribution in [0.15, 0.2) is 30.5 Å². The Morgan fingerprint density at radius 3 is 3.00 bits per heavy atom. The van der Waals surface area contributed by atoms with Crippen molar-refractivity contribution in [2.45, 2.75) is 13.5 Å². The number of aromatic nitrogens is 3. The molecule has 1 amide bonds. The van der Waals surface area contributed by atoms with Crippen LogP contribution >= 0.6 is 0 Å². The first-order chi connectivity index (χ1) is 10.6. The normalized spacial score (nSPS) is 9.82. The fourth-order valence-electron chi connectivity index (χ4n) is 1.68. The molecule has 0 bridgehead atoms. The number of hydrogen-bond donors (Lipinski definition) is 1. The highest BCUT2D eigenvalue weighted by Gasteiger charge is 2.11. The standard InChI is InChI=1S/C15H14N4O3/c1-3-12-5-4-6-13(9-12)16-15(21)14-10-19(18-17-14)7-8-22-11(2)20/h1,4-6,9-10H,7-8H2,2H3,(H,16,21). The lowest BCUT2D eigenvalue weighted by atomic mass is 10.2. The first-order valence-electron chi connectivity index (χ1n) is 6.50. The Labute approximate surface area is 127 Å². The van der Waals surface area contributed by atoms with Crippen LogP contribution in [0.5, 0.6) is 0 Å². The average molecular weight is 298 g/mol. The molecule has 0 aliphatic rings. The van der Waals surface area contributed by atoms with Crippen molar-refractivity contribution in [3.05, 3.63) is 41.7 Å². The van der Waals surface area contributed by atoms with Gasteiger partial charge in [-0.25, -0.2) is 4.68 Å². The molecule has 0 fully saturated rings. The number of ether oxygens (including phenoxy) is 1. The van der Waals surface area contributed by atoms with Gasteiger partial charge in [0.25, 0.3) is 5.91 Å². The summed E-state index contributed by atoms with van der Waals surface area (Å²) in [5.74, 6) is 1.73. The summed E-state index contributed by atoms with van der Waals surface area (Å²) in [4.78, 5) is 22.7. The van der Waals surface area contributed by atoms with Crippen LogP contribution in [0.1, 0.15) is 23.0 Å². The fraction of sp³-hybridized carbons (Fsp3) is 0.200. The van der Waals surface area contributed by atoms with Crippen LogP contribution in [0.3, 0.4) is 0 Å². The predicted octanol–water partition coefficient (Wildman–Crippen LogP) is 1.07. The van der Waals surface area contributed by atoms with Gasteiger partial charge in [0.1, 0.15) is 6.61 Å². The lowest BCUT2D eigenvalue weighted by molar-refractivity contribution is -0.141. The molecule has 7 nitrogen and oxygen atoms in total. The topological polar surface area (TPSA) is 86.1 Å². The quantitative estimate of drug-likeness (QED) is 0.659. The third-order valence-electron chi connectivity index (χ3n) is 2.68. The maximum absolute atomic E-state index is 12.0. The van der Waals surface area contributed by atoms with Crippen LogP contribution < -0.4 is 5.32 Å². The molecule has 1 N–H and O–H groups in total. The van der Waals surface area contributed by atoms with Gasteiger partial charge >= 0.3 is 5.97 Å². The molecule has 1 aromatic heterocycles. The molecule has 0 unspecified atom stereocenters. The molecule has 1 aromatic carbocycles. The van der Waals surface area contributed by atoms with E-state index < -0.39 is 5.91 Å². The van der Waals surface area contributed by atoms with E-state index in [1.165, 1.54) is 17.8 Å². The van der Waals surface area contributed by atoms with E-state index in [0.717, 1.165) is 0 Å². The number of carbonyl (C=O) groups excluding carboxylic acids is 2. The molecule has 22 heavy (non-hydrogen) atoms. The maximum Gasteiger partial charge on any atom is 0.302 e. The van der Waals surface area contributed by atoms with E-state index in [-0.39, 0.29) is 18.3 Å². The molecule has 2 rings (SSSR count). The van der Waals surface area contributed by atoms with Crippen LogP contribution in [-0.4, -0.2) is 33.5 Å². The Hall–Kier alpha value is -3.14. The van der Waals surface area contributed by atoms with Crippen LogP contribution in [0.4, 0.5) is 5.69 Å². The number of rotatable bonds is 5. The second kappa shape index (κ2) is 7.04. The van der Waals surface area contributed by atoms with E-state index in [1.54, 1.807) is 24.3 Å². The monoisotopic (exact) mass is 298 g/mol. The first-order valence-corrected chi connectivity index (χ1v) is 6.50. The number of esters is 1. The Morgan fingerprint density at radius 1 is 1.45 bits per heavy atom. The predicted molar refractivity (Wildman–Crippen MR) is 79.0 cm³/mol. The van der Waals surface area contributed by atoms with Crippen molar-refractivity contribution < 1.29 is 14.3 Å². The van der Waals surface area contributed by atoms with Crippen molar-refractivity contribution in [1.29, 1.82) is 0 Å². The van der Waals surface area contributed by atoms with Crippen LogP contribution in [0.2, 0.25) is 0 Å². The fourth-order valence-corrected chi connectivity index (χ4v) is 1.68. The molecule has 0 radical (unpaired) electrons. The smallest absolute Gasteiger partial charge is 0.302 e. The lowest BCUT2D eigenvalue weighted by Crippen LogP contribution is -2.12. The number of benzene rings is 1. The molecular formula is C15H14N4O3. The number of carbonyl (C=O) groups is 2. The average Bonchev–Trinajstić information content (AvgIpc) is 2.96. The SMILES string of the molecule is C#Cc1cccc(NC(=O)c2cn(CCOC(C)=O)nn2)c1. The molecular weight excluding hydrogens is 284 g/mol. The Morgan fingerprint density at radius 2 is 2.27 bits per heavy atom. The molecule has 0 saturated carbocycles. The molecule has 7 heteroatoms. The summed E-state index contributed by atoms with van der Waals surface area (Å²) in [7, 11) is 0. The van der Waals surface area contributed by atoms with E-state index in [2.05, 4.69) is 21.5 Å². The third kappa shape index (κ3) is 4.18. The van der Waals surface area contributed by atoms with Gasteiger partial charge in [-0.3, -0.25) is 9.59 Å². The van der Waals surface area contributed by atoms with E-state index in [0.29, 0.717) is 17.8 Å². The van der Waals surface area contributed by atoms with E-state index in [4.69, 9.17) is 11.2 Å². The van der Waals surface area contributed by atoms with Gasteiger partial charge in [-0.2, -0.15) is 0 Å². The number of terminal acetylenes is 1. The highest BCUT2D eigenvalue weighted by atomic mass is 16.5. The summed E-state index contributed by atoms with van der Waals surface area (Å²) in [6.45, 7) is 1.82. The maximum atomic E-state index is 12.0. The lowest BCUT2D eigenvalue weighted by Gasteiger charge is -2.03. The minimum absolute atomic E-state index is 0.161. The van der Waals surface area contributed by atoms with Crippen LogP contribution in [0.25, 0.3) is 0 Å². The van der Waals surface area contributed by atoms with Crippen molar-refractivity contribution in [3.63, 3.8) is 0 Å². The van der Waals surface area contributed by atoms with E-state index in [9.17, 15) is 9.59 Å². The van der Waals surface area contributed by atoms with Gasteiger partial charge in [-0.1, -0.05) is 17.2 Å². The molecule has 0 saturated heterocycles. The summed E-state index contributed by atoms with van der Waals surface area (Å²) in [6, 6.07) is 6.93. The minimum Gasteiger partial charge on any atom is -0.464 e. The zero-order valence-electron chi connectivity index (χ0n) is 11.9. The van der Waals surface area contributed by atoms with Gasteiger partial charge in [0.15, 0.2) is 5.69 Å². The second-order valence-electron chi connectivity index (χ2n) is 4.39. The van der Waals surface area contributed by atoms with Gasteiger partial charge in [0, 0.05) is 18.2 Å². The first kappa shape index (κ1) is 15.3. The van der Waals surface area contributed by atoms with Gasteiger partial charge in [-0.05, 0) is 18.2 Å². The number of anilines is 1. The Balaban J connectivity index is 1.96. The molecule has 112 valence electrons. The molecule has 1 heterocycles. The highest BCUT2D eigenvalue weighted by molar-refractivity contribution is 6.02. The third-order valence-corrected chi connectivity index (χ3v) is 2.68. The van der Waals surface area contributed by atoms with Gasteiger partial charge in [-0.15, -0.1) is 11.5 Å². The van der Waals surface area contributed by atoms with E-state index in [1.807, 2.05) is 0 Å². The number of nitrogens with one attached hydrogen (secondary N) is 1. The van der Waals surface area contributed by atoms with Gasteiger partial charge < -0.3 is 10.1 Å². The summed E-state index contributed by atoms with van der Waals surface area (Å²) in [5.41, 5.74) is 1.41. The molecule has 0 aliphatic carbocycles.